The van der Waals surface area contributed by atoms with Gasteiger partial charge in [0.1, 0.15) is 11.3 Å². The number of allylic oxidation sites excluding steroid dienone is 1. The lowest BCUT2D eigenvalue weighted by atomic mass is 9.89. The predicted molar refractivity (Wildman–Crippen MR) is 117 cm³/mol. The molecule has 4 rings (SSSR count). The van der Waals surface area contributed by atoms with Crippen molar-refractivity contribution in [3.63, 3.8) is 0 Å². The Hall–Kier alpha value is -3.59. The van der Waals surface area contributed by atoms with Crippen molar-refractivity contribution in [3.8, 4) is 5.75 Å². The molecule has 4 aromatic rings. The van der Waals surface area contributed by atoms with Crippen molar-refractivity contribution in [1.82, 2.24) is 0 Å². The minimum absolute atomic E-state index is 0.0315. The quantitative estimate of drug-likeness (QED) is 0.443. The molecule has 0 aliphatic carbocycles. The van der Waals surface area contributed by atoms with E-state index in [1.54, 1.807) is 18.2 Å². The number of benzene rings is 3. The molecule has 0 fully saturated rings. The number of hydrogen-bond acceptors (Lipinski definition) is 3. The van der Waals surface area contributed by atoms with Gasteiger partial charge < -0.3 is 9.52 Å². The summed E-state index contributed by atoms with van der Waals surface area (Å²) in [7, 11) is 0. The second-order valence-electron chi connectivity index (χ2n) is 7.31. The van der Waals surface area contributed by atoms with Crippen LogP contribution in [-0.4, -0.2) is 5.11 Å². The Morgan fingerprint density at radius 1 is 0.862 bits per heavy atom. The fourth-order valence-corrected chi connectivity index (χ4v) is 3.45. The molecular weight excluding hydrogens is 360 g/mol. The number of aryl methyl sites for hydroxylation is 2. The van der Waals surface area contributed by atoms with Crippen LogP contribution in [0.15, 0.2) is 88.1 Å². The highest BCUT2D eigenvalue weighted by molar-refractivity contribution is 5.84. The maximum Gasteiger partial charge on any atom is 0.344 e. The van der Waals surface area contributed by atoms with E-state index in [0.29, 0.717) is 11.0 Å². The minimum Gasteiger partial charge on any atom is -0.507 e. The standard InChI is InChI=1S/C26H22O3/c1-17-7-11-19(12-8-17)13-16-21(20-14-9-18(2)10-15-20)24-25(27)22-5-3-4-6-23(22)29-26(24)28/h3-16,21,27H,1-2H3/b16-13+. The molecule has 1 heterocycles. The zero-order valence-electron chi connectivity index (χ0n) is 16.4. The van der Waals surface area contributed by atoms with Crippen molar-refractivity contribution in [2.24, 2.45) is 0 Å². The van der Waals surface area contributed by atoms with Gasteiger partial charge >= 0.3 is 5.63 Å². The average molecular weight is 382 g/mol. The molecule has 0 amide bonds. The molecule has 0 saturated heterocycles. The molecule has 144 valence electrons. The number of aromatic hydroxyl groups is 1. The Kier molecular flexibility index (Phi) is 5.05. The SMILES string of the molecule is Cc1ccc(/C=C/C(c2ccc(C)cc2)c2c(O)c3ccccc3oc2=O)cc1. The lowest BCUT2D eigenvalue weighted by Crippen LogP contribution is -2.13. The van der Waals surface area contributed by atoms with Crippen LogP contribution in [0.4, 0.5) is 0 Å². The lowest BCUT2D eigenvalue weighted by Gasteiger charge is -2.15. The Morgan fingerprint density at radius 2 is 1.48 bits per heavy atom. The molecule has 1 aromatic heterocycles. The molecule has 3 heteroatoms. The fourth-order valence-electron chi connectivity index (χ4n) is 3.45. The zero-order valence-corrected chi connectivity index (χ0v) is 16.4. The summed E-state index contributed by atoms with van der Waals surface area (Å²) >= 11 is 0. The molecule has 0 saturated carbocycles. The summed E-state index contributed by atoms with van der Waals surface area (Å²) in [4.78, 5) is 12.8. The smallest absolute Gasteiger partial charge is 0.344 e. The van der Waals surface area contributed by atoms with E-state index in [0.717, 1.165) is 16.7 Å². The summed E-state index contributed by atoms with van der Waals surface area (Å²) in [5.41, 5.74) is 4.35. The molecular formula is C26H22O3. The maximum atomic E-state index is 12.8. The fraction of sp³-hybridized carbons (Fsp3) is 0.115. The van der Waals surface area contributed by atoms with E-state index in [4.69, 9.17) is 4.42 Å². The number of para-hydroxylation sites is 1. The second kappa shape index (κ2) is 7.80. The van der Waals surface area contributed by atoms with Gasteiger partial charge in [-0.1, -0.05) is 83.9 Å². The van der Waals surface area contributed by atoms with E-state index in [-0.39, 0.29) is 11.3 Å². The first-order valence-electron chi connectivity index (χ1n) is 9.59. The van der Waals surface area contributed by atoms with Gasteiger partial charge in [0, 0.05) is 5.92 Å². The van der Waals surface area contributed by atoms with E-state index in [1.165, 1.54) is 5.56 Å². The van der Waals surface area contributed by atoms with Crippen molar-refractivity contribution < 1.29 is 9.52 Å². The average Bonchev–Trinajstić information content (AvgIpc) is 2.72. The monoisotopic (exact) mass is 382 g/mol. The summed E-state index contributed by atoms with van der Waals surface area (Å²) in [6.07, 6.45) is 3.91. The van der Waals surface area contributed by atoms with Crippen LogP contribution in [0, 0.1) is 13.8 Å². The molecule has 0 spiro atoms. The van der Waals surface area contributed by atoms with Crippen LogP contribution < -0.4 is 5.63 Å². The van der Waals surface area contributed by atoms with Crippen molar-refractivity contribution in [2.45, 2.75) is 19.8 Å². The van der Waals surface area contributed by atoms with Crippen LogP contribution in [0.3, 0.4) is 0 Å². The van der Waals surface area contributed by atoms with Gasteiger partial charge in [-0.05, 0) is 37.1 Å². The Balaban J connectivity index is 1.88. The molecule has 1 atom stereocenters. The van der Waals surface area contributed by atoms with Crippen LogP contribution in [-0.2, 0) is 0 Å². The third-order valence-electron chi connectivity index (χ3n) is 5.13. The Labute approximate surface area is 169 Å². The Bertz CT molecular complexity index is 1230. The number of hydrogen-bond donors (Lipinski definition) is 1. The zero-order chi connectivity index (χ0) is 20.4. The van der Waals surface area contributed by atoms with Crippen molar-refractivity contribution in [3.05, 3.63) is 117 Å². The van der Waals surface area contributed by atoms with E-state index < -0.39 is 11.5 Å². The largest absolute Gasteiger partial charge is 0.507 e. The van der Waals surface area contributed by atoms with Crippen LogP contribution in [0.25, 0.3) is 17.0 Å². The molecule has 3 nitrogen and oxygen atoms in total. The van der Waals surface area contributed by atoms with Gasteiger partial charge in [-0.25, -0.2) is 4.79 Å². The maximum absolute atomic E-state index is 12.8. The van der Waals surface area contributed by atoms with Crippen LogP contribution in [0.2, 0.25) is 0 Å². The third kappa shape index (κ3) is 3.85. The molecule has 1 N–H and O–H groups in total. The second-order valence-corrected chi connectivity index (χ2v) is 7.31. The van der Waals surface area contributed by atoms with Crippen molar-refractivity contribution >= 4 is 17.0 Å². The molecule has 0 aliphatic rings. The van der Waals surface area contributed by atoms with Crippen molar-refractivity contribution in [1.29, 1.82) is 0 Å². The summed E-state index contributed by atoms with van der Waals surface area (Å²) < 4.78 is 5.52. The van der Waals surface area contributed by atoms with Crippen LogP contribution >= 0.6 is 0 Å². The van der Waals surface area contributed by atoms with Gasteiger partial charge in [0.15, 0.2) is 0 Å². The van der Waals surface area contributed by atoms with Crippen LogP contribution in [0.1, 0.15) is 33.7 Å². The first kappa shape index (κ1) is 18.8. The van der Waals surface area contributed by atoms with Gasteiger partial charge in [-0.3, -0.25) is 0 Å². The topological polar surface area (TPSA) is 50.4 Å². The highest BCUT2D eigenvalue weighted by Crippen LogP contribution is 2.35. The van der Waals surface area contributed by atoms with Crippen LogP contribution in [0.5, 0.6) is 5.75 Å². The number of fused-ring (bicyclic) bond motifs is 1. The van der Waals surface area contributed by atoms with E-state index in [2.05, 4.69) is 0 Å². The third-order valence-corrected chi connectivity index (χ3v) is 5.13. The van der Waals surface area contributed by atoms with E-state index >= 15 is 0 Å². The normalized spacial score (nSPS) is 12.5. The minimum atomic E-state index is -0.527. The summed E-state index contributed by atoms with van der Waals surface area (Å²) in [6, 6.07) is 23.1. The van der Waals surface area contributed by atoms with E-state index in [1.807, 2.05) is 80.6 Å². The summed E-state index contributed by atoms with van der Waals surface area (Å²) in [5, 5.41) is 11.5. The van der Waals surface area contributed by atoms with Gasteiger partial charge in [-0.15, -0.1) is 0 Å². The highest BCUT2D eigenvalue weighted by Gasteiger charge is 2.22. The molecule has 3 aromatic carbocycles. The van der Waals surface area contributed by atoms with Gasteiger partial charge in [0.05, 0.1) is 10.9 Å². The Morgan fingerprint density at radius 3 is 2.17 bits per heavy atom. The molecule has 0 aliphatic heterocycles. The molecule has 1 unspecified atom stereocenters. The molecule has 0 bridgehead atoms. The van der Waals surface area contributed by atoms with Gasteiger partial charge in [-0.2, -0.15) is 0 Å². The van der Waals surface area contributed by atoms with Gasteiger partial charge in [0.25, 0.3) is 0 Å². The first-order valence-corrected chi connectivity index (χ1v) is 9.59. The molecule has 29 heavy (non-hydrogen) atoms. The lowest BCUT2D eigenvalue weighted by molar-refractivity contribution is 0.456. The number of rotatable bonds is 4. The van der Waals surface area contributed by atoms with Crippen molar-refractivity contribution in [2.75, 3.05) is 0 Å². The molecule has 0 radical (unpaired) electrons. The first-order chi connectivity index (χ1) is 14.0. The van der Waals surface area contributed by atoms with E-state index in [9.17, 15) is 9.90 Å². The van der Waals surface area contributed by atoms with Gasteiger partial charge in [0.2, 0.25) is 0 Å². The summed E-state index contributed by atoms with van der Waals surface area (Å²) in [6.45, 7) is 4.06. The summed E-state index contributed by atoms with van der Waals surface area (Å²) in [5.74, 6) is -0.464. The highest BCUT2D eigenvalue weighted by atomic mass is 16.4. The predicted octanol–water partition coefficient (Wildman–Crippen LogP) is 5.96.